The molecular formula is C10H13F2N3O3. The topological polar surface area (TPSA) is 72.0 Å². The minimum Gasteiger partial charge on any atom is -0.333 e. The van der Waals surface area contributed by atoms with Crippen LogP contribution in [-0.2, 0) is 14.3 Å². The number of nitrogens with zero attached hydrogens (tertiary/aromatic N) is 1. The molecule has 0 aromatic carbocycles. The molecular weight excluding hydrogens is 248 g/mol. The first kappa shape index (κ1) is 14.3. The number of guanidine groups is 1. The molecule has 0 bridgehead atoms. The molecule has 0 aliphatic carbocycles. The normalized spacial score (nSPS) is 23.6. The number of hydrogen-bond acceptors (Lipinski definition) is 5. The average Bonchev–Trinajstić information content (AvgIpc) is 2.25. The molecule has 0 atom stereocenters. The van der Waals surface area contributed by atoms with Crippen molar-refractivity contribution >= 4 is 11.9 Å². The number of alkyl halides is 2. The van der Waals surface area contributed by atoms with Gasteiger partial charge in [0.2, 0.25) is 11.9 Å². The Kier molecular flexibility index (Phi) is 5.40. The molecule has 0 spiro atoms. The summed E-state index contributed by atoms with van der Waals surface area (Å²) < 4.78 is 34.0. The maximum atomic E-state index is 12.8. The molecule has 1 heterocycles. The number of nitrogens with one attached hydrogen (secondary N) is 2. The van der Waals surface area contributed by atoms with E-state index in [-0.39, 0.29) is 25.1 Å². The zero-order valence-electron chi connectivity index (χ0n) is 9.65. The van der Waals surface area contributed by atoms with E-state index in [9.17, 15) is 13.6 Å². The van der Waals surface area contributed by atoms with Crippen molar-refractivity contribution in [1.29, 1.82) is 0 Å². The third-order valence-corrected chi connectivity index (χ3v) is 1.64. The summed E-state index contributed by atoms with van der Waals surface area (Å²) >= 11 is 0. The predicted octanol–water partition coefficient (Wildman–Crippen LogP) is 0.693. The molecule has 6 nitrogen and oxygen atoms in total. The van der Waals surface area contributed by atoms with Crippen LogP contribution in [0.2, 0.25) is 0 Å². The molecule has 18 heavy (non-hydrogen) atoms. The molecule has 1 rings (SSSR count). The van der Waals surface area contributed by atoms with Gasteiger partial charge in [-0.15, -0.1) is 8.78 Å². The first-order valence-electron chi connectivity index (χ1n) is 5.07. The van der Waals surface area contributed by atoms with Crippen molar-refractivity contribution in [3.8, 4) is 0 Å². The third kappa shape index (κ3) is 6.06. The monoisotopic (exact) mass is 261 g/mol. The van der Waals surface area contributed by atoms with Crippen molar-refractivity contribution in [3.63, 3.8) is 0 Å². The van der Waals surface area contributed by atoms with E-state index in [0.29, 0.717) is 0 Å². The van der Waals surface area contributed by atoms with Crippen molar-refractivity contribution < 1.29 is 23.0 Å². The molecule has 0 fully saturated rings. The highest BCUT2D eigenvalue weighted by molar-refractivity contribution is 5.96. The maximum Gasteiger partial charge on any atom is 0.486 e. The SMILES string of the molecule is CC(=O)NC1=N/C=C/COC(F)(F)OC/C=C/N1. The average molecular weight is 261 g/mol. The van der Waals surface area contributed by atoms with Crippen LogP contribution in [0.25, 0.3) is 0 Å². The summed E-state index contributed by atoms with van der Waals surface area (Å²) in [5, 5.41) is 5.03. The van der Waals surface area contributed by atoms with Crippen LogP contribution < -0.4 is 10.6 Å². The molecule has 2 N–H and O–H groups in total. The van der Waals surface area contributed by atoms with E-state index in [1.54, 1.807) is 0 Å². The lowest BCUT2D eigenvalue weighted by Crippen LogP contribution is -2.37. The molecule has 0 radical (unpaired) electrons. The number of hydrogen-bond donors (Lipinski definition) is 2. The van der Waals surface area contributed by atoms with Crippen molar-refractivity contribution in [2.75, 3.05) is 13.2 Å². The van der Waals surface area contributed by atoms with E-state index in [1.807, 2.05) is 0 Å². The second kappa shape index (κ2) is 6.82. The smallest absolute Gasteiger partial charge is 0.333 e. The number of rotatable bonds is 0. The second-order valence-electron chi connectivity index (χ2n) is 3.18. The second-order valence-corrected chi connectivity index (χ2v) is 3.18. The lowest BCUT2D eigenvalue weighted by atomic mass is 10.6. The standard InChI is InChI=1S/C10H13F2N3O3/c1-8(16)15-9-13-4-2-6-17-10(11,12)18-7-3-5-14-9/h2-5H,6-7H2,1H3,(H2,13,14,15,16)/b4-2+,5-3+. The predicted molar refractivity (Wildman–Crippen MR) is 59.5 cm³/mol. The summed E-state index contributed by atoms with van der Waals surface area (Å²) in [4.78, 5) is 14.7. The molecule has 1 aliphatic heterocycles. The van der Waals surface area contributed by atoms with Gasteiger partial charge in [-0.3, -0.25) is 19.6 Å². The van der Waals surface area contributed by atoms with Crippen molar-refractivity contribution in [3.05, 3.63) is 24.6 Å². The van der Waals surface area contributed by atoms with Crippen LogP contribution in [0.3, 0.4) is 0 Å². The molecule has 0 aromatic heterocycles. The van der Waals surface area contributed by atoms with Gasteiger partial charge < -0.3 is 5.32 Å². The molecule has 0 saturated carbocycles. The fraction of sp³-hybridized carbons (Fsp3) is 0.400. The highest BCUT2D eigenvalue weighted by Crippen LogP contribution is 2.16. The van der Waals surface area contributed by atoms with Crippen molar-refractivity contribution in [1.82, 2.24) is 10.6 Å². The number of carbonyl (C=O) groups is 1. The molecule has 0 unspecified atom stereocenters. The Labute approximate surface area is 102 Å². The van der Waals surface area contributed by atoms with Crippen LogP contribution in [0.1, 0.15) is 6.92 Å². The molecule has 100 valence electrons. The number of amides is 1. The number of carbonyl (C=O) groups excluding carboxylic acids is 1. The Morgan fingerprint density at radius 2 is 2.11 bits per heavy atom. The highest BCUT2D eigenvalue weighted by Gasteiger charge is 2.30. The van der Waals surface area contributed by atoms with Gasteiger partial charge in [0, 0.05) is 19.3 Å². The van der Waals surface area contributed by atoms with E-state index >= 15 is 0 Å². The van der Waals surface area contributed by atoms with Crippen LogP contribution >= 0.6 is 0 Å². The first-order valence-corrected chi connectivity index (χ1v) is 5.07. The Bertz CT molecular complexity index is 381. The van der Waals surface area contributed by atoms with Crippen molar-refractivity contribution in [2.24, 2.45) is 4.99 Å². The summed E-state index contributed by atoms with van der Waals surface area (Å²) in [6.07, 6.45) is 1.45. The zero-order chi connectivity index (χ0) is 13.4. The summed E-state index contributed by atoms with van der Waals surface area (Å²) in [6, 6.07) is 0. The van der Waals surface area contributed by atoms with Gasteiger partial charge in [0.1, 0.15) is 0 Å². The number of ether oxygens (including phenoxy) is 2. The van der Waals surface area contributed by atoms with Gasteiger partial charge in [0.15, 0.2) is 0 Å². The van der Waals surface area contributed by atoms with Gasteiger partial charge in [-0.05, 0) is 12.2 Å². The van der Waals surface area contributed by atoms with Crippen LogP contribution in [0.5, 0.6) is 0 Å². The van der Waals surface area contributed by atoms with Crippen LogP contribution in [-0.4, -0.2) is 31.4 Å². The van der Waals surface area contributed by atoms with E-state index in [0.717, 1.165) is 0 Å². The van der Waals surface area contributed by atoms with E-state index in [4.69, 9.17) is 0 Å². The Hall–Kier alpha value is -1.80. The molecule has 0 aromatic rings. The Balaban J connectivity index is 2.69. The molecule has 1 aliphatic rings. The minimum atomic E-state index is -3.64. The summed E-state index contributed by atoms with van der Waals surface area (Å²) in [7, 11) is 0. The minimum absolute atomic E-state index is 0.169. The highest BCUT2D eigenvalue weighted by atomic mass is 19.3. The molecule has 0 saturated heterocycles. The van der Waals surface area contributed by atoms with Gasteiger partial charge in [0.05, 0.1) is 13.2 Å². The summed E-state index contributed by atoms with van der Waals surface area (Å²) in [5.41, 5.74) is 0. The lowest BCUT2D eigenvalue weighted by molar-refractivity contribution is -0.385. The van der Waals surface area contributed by atoms with E-state index < -0.39 is 6.29 Å². The van der Waals surface area contributed by atoms with Gasteiger partial charge >= 0.3 is 6.29 Å². The number of aliphatic imine (C=N–C) groups is 1. The fourth-order valence-corrected chi connectivity index (χ4v) is 0.961. The quantitative estimate of drug-likeness (QED) is 0.673. The largest absolute Gasteiger partial charge is 0.486 e. The lowest BCUT2D eigenvalue weighted by Gasteiger charge is -2.14. The first-order chi connectivity index (χ1) is 8.49. The maximum absolute atomic E-state index is 12.8. The molecule has 1 amide bonds. The summed E-state index contributed by atoms with van der Waals surface area (Å²) in [5.74, 6) is -0.142. The summed E-state index contributed by atoms with van der Waals surface area (Å²) in [6.45, 7) is 0.602. The van der Waals surface area contributed by atoms with E-state index in [2.05, 4.69) is 25.1 Å². The van der Waals surface area contributed by atoms with Crippen LogP contribution in [0.4, 0.5) is 8.78 Å². The zero-order valence-corrected chi connectivity index (χ0v) is 9.65. The third-order valence-electron chi connectivity index (χ3n) is 1.64. The Morgan fingerprint density at radius 3 is 2.78 bits per heavy atom. The number of halogens is 2. The molecule has 8 heteroatoms. The van der Waals surface area contributed by atoms with E-state index in [1.165, 1.54) is 31.5 Å². The fourth-order valence-electron chi connectivity index (χ4n) is 0.961. The van der Waals surface area contributed by atoms with Crippen LogP contribution in [0.15, 0.2) is 29.5 Å². The Morgan fingerprint density at radius 1 is 1.44 bits per heavy atom. The van der Waals surface area contributed by atoms with Gasteiger partial charge in [-0.1, -0.05) is 0 Å². The van der Waals surface area contributed by atoms with Gasteiger partial charge in [0.25, 0.3) is 0 Å². The van der Waals surface area contributed by atoms with Gasteiger partial charge in [-0.25, -0.2) is 4.99 Å². The van der Waals surface area contributed by atoms with Gasteiger partial charge in [-0.2, -0.15) is 0 Å². The van der Waals surface area contributed by atoms with Crippen molar-refractivity contribution in [2.45, 2.75) is 13.2 Å². The van der Waals surface area contributed by atoms with Crippen LogP contribution in [0, 0.1) is 0 Å².